The van der Waals surface area contributed by atoms with E-state index >= 15 is 0 Å². The molecule has 1 N–H and O–H groups in total. The van der Waals surface area contributed by atoms with E-state index in [1.165, 1.54) is 12.4 Å². The summed E-state index contributed by atoms with van der Waals surface area (Å²) in [6.07, 6.45) is -1.27. The van der Waals surface area contributed by atoms with Gasteiger partial charge in [-0.15, -0.1) is 6.58 Å². The van der Waals surface area contributed by atoms with Crippen molar-refractivity contribution in [1.29, 1.82) is 0 Å². The standard InChI is InChI=1S/C19H19BrF6N4O2S/c1-2-3-4-14-9-29(33(31,32)19(24,25)26)8-12-7-13(18(21,22)23)5-6-16(12)30(14)10-15-17(20)28-11-27-15/h2,5-7,11,14H,1,3-4,8-10H2,(H,27,28). The highest BCUT2D eigenvalue weighted by atomic mass is 79.9. The van der Waals surface area contributed by atoms with E-state index in [2.05, 4.69) is 32.5 Å². The Hall–Kier alpha value is -2.06. The van der Waals surface area contributed by atoms with Crippen LogP contribution in [0.5, 0.6) is 0 Å². The normalized spacial score (nSPS) is 18.2. The maximum Gasteiger partial charge on any atom is 0.511 e. The van der Waals surface area contributed by atoms with Gasteiger partial charge in [-0.05, 0) is 52.5 Å². The lowest BCUT2D eigenvalue weighted by molar-refractivity contribution is -0.137. The van der Waals surface area contributed by atoms with Gasteiger partial charge in [0.05, 0.1) is 24.1 Å². The molecule has 182 valence electrons. The van der Waals surface area contributed by atoms with Crippen molar-refractivity contribution in [2.24, 2.45) is 0 Å². The predicted octanol–water partition coefficient (Wildman–Crippen LogP) is 5.20. The van der Waals surface area contributed by atoms with Crippen LogP contribution in [-0.2, 0) is 29.3 Å². The lowest BCUT2D eigenvalue weighted by atomic mass is 10.0. The molecule has 1 aliphatic heterocycles. The van der Waals surface area contributed by atoms with Crippen molar-refractivity contribution >= 4 is 31.6 Å². The van der Waals surface area contributed by atoms with Gasteiger partial charge in [0, 0.05) is 24.8 Å². The lowest BCUT2D eigenvalue weighted by Crippen LogP contribution is -2.46. The number of nitrogens with one attached hydrogen (secondary N) is 1. The minimum Gasteiger partial charge on any atom is -0.361 e. The Morgan fingerprint density at radius 2 is 1.94 bits per heavy atom. The lowest BCUT2D eigenvalue weighted by Gasteiger charge is -2.34. The summed E-state index contributed by atoms with van der Waals surface area (Å²) in [5.41, 5.74) is -6.14. The number of aromatic amines is 1. The zero-order valence-corrected chi connectivity index (χ0v) is 19.3. The van der Waals surface area contributed by atoms with Crippen molar-refractivity contribution in [3.8, 4) is 0 Å². The second kappa shape index (κ2) is 9.29. The first-order valence-electron chi connectivity index (χ1n) is 9.57. The number of sulfonamides is 1. The molecule has 0 saturated carbocycles. The van der Waals surface area contributed by atoms with Crippen LogP contribution in [0.25, 0.3) is 0 Å². The average Bonchev–Trinajstić information content (AvgIpc) is 3.03. The van der Waals surface area contributed by atoms with Crippen LogP contribution in [0.2, 0.25) is 0 Å². The van der Waals surface area contributed by atoms with Gasteiger partial charge in [-0.1, -0.05) is 6.08 Å². The van der Waals surface area contributed by atoms with Crippen LogP contribution in [-0.4, -0.2) is 40.8 Å². The molecule has 1 aromatic carbocycles. The second-order valence-electron chi connectivity index (χ2n) is 7.40. The van der Waals surface area contributed by atoms with Gasteiger partial charge < -0.3 is 9.88 Å². The Kier molecular flexibility index (Phi) is 7.20. The number of nitrogens with zero attached hydrogens (tertiary/aromatic N) is 3. The summed E-state index contributed by atoms with van der Waals surface area (Å²) >= 11 is 3.24. The minimum atomic E-state index is -5.80. The molecule has 1 unspecified atom stereocenters. The number of anilines is 1. The average molecular weight is 561 g/mol. The molecule has 2 aromatic rings. The number of fused-ring (bicyclic) bond motifs is 1. The summed E-state index contributed by atoms with van der Waals surface area (Å²) in [5.74, 6) is 0. The Bertz CT molecular complexity index is 1120. The highest BCUT2D eigenvalue weighted by Gasteiger charge is 2.51. The number of imidazole rings is 1. The van der Waals surface area contributed by atoms with Crippen molar-refractivity contribution in [3.63, 3.8) is 0 Å². The van der Waals surface area contributed by atoms with Crippen LogP contribution in [0, 0.1) is 0 Å². The van der Waals surface area contributed by atoms with Crippen LogP contribution in [0.4, 0.5) is 32.0 Å². The first-order valence-corrected chi connectivity index (χ1v) is 11.8. The molecule has 0 radical (unpaired) electrons. The van der Waals surface area contributed by atoms with Crippen LogP contribution in [0.3, 0.4) is 0 Å². The number of aromatic nitrogens is 2. The van der Waals surface area contributed by atoms with Gasteiger partial charge in [-0.3, -0.25) is 0 Å². The number of allylic oxidation sites excluding steroid dienone is 1. The van der Waals surface area contributed by atoms with Crippen molar-refractivity contribution in [3.05, 3.63) is 58.6 Å². The van der Waals surface area contributed by atoms with Gasteiger partial charge in [-0.25, -0.2) is 13.4 Å². The summed E-state index contributed by atoms with van der Waals surface area (Å²) in [6, 6.07) is 1.90. The number of alkyl halides is 6. The maximum absolute atomic E-state index is 13.4. The molecule has 1 aliphatic rings. The van der Waals surface area contributed by atoms with Crippen LogP contribution in [0.15, 0.2) is 41.8 Å². The van der Waals surface area contributed by atoms with E-state index in [0.29, 0.717) is 22.8 Å². The molecule has 0 fully saturated rings. The molecule has 0 spiro atoms. The number of hydrogen-bond acceptors (Lipinski definition) is 4. The Morgan fingerprint density at radius 3 is 2.48 bits per heavy atom. The van der Waals surface area contributed by atoms with Crippen molar-refractivity contribution in [2.45, 2.75) is 43.7 Å². The zero-order chi connectivity index (χ0) is 24.6. The van der Waals surface area contributed by atoms with Gasteiger partial charge in [0.1, 0.15) is 4.60 Å². The van der Waals surface area contributed by atoms with Gasteiger partial charge >= 0.3 is 21.7 Å². The zero-order valence-electron chi connectivity index (χ0n) is 16.9. The van der Waals surface area contributed by atoms with Crippen molar-refractivity contribution in [1.82, 2.24) is 14.3 Å². The first kappa shape index (κ1) is 25.6. The Morgan fingerprint density at radius 1 is 1.24 bits per heavy atom. The van der Waals surface area contributed by atoms with E-state index in [1.807, 2.05) is 0 Å². The fraction of sp³-hybridized carbons (Fsp3) is 0.421. The van der Waals surface area contributed by atoms with Crippen molar-refractivity contribution < 1.29 is 34.8 Å². The molecular weight excluding hydrogens is 542 g/mol. The molecule has 1 atom stereocenters. The number of halogens is 7. The molecule has 0 bridgehead atoms. The second-order valence-corrected chi connectivity index (χ2v) is 10.1. The Labute approximate surface area is 194 Å². The largest absolute Gasteiger partial charge is 0.511 e. The molecule has 33 heavy (non-hydrogen) atoms. The molecule has 1 aromatic heterocycles. The number of hydrogen-bond donors (Lipinski definition) is 1. The molecular formula is C19H19BrF6N4O2S. The molecule has 6 nitrogen and oxygen atoms in total. The van der Waals surface area contributed by atoms with E-state index in [1.54, 1.807) is 4.90 Å². The summed E-state index contributed by atoms with van der Waals surface area (Å²) in [5, 5.41) is 0. The fourth-order valence-corrected chi connectivity index (χ4v) is 4.95. The topological polar surface area (TPSA) is 69.3 Å². The van der Waals surface area contributed by atoms with E-state index in [0.717, 1.165) is 12.1 Å². The van der Waals surface area contributed by atoms with Crippen LogP contribution >= 0.6 is 15.9 Å². The van der Waals surface area contributed by atoms with Gasteiger partial charge in [0.25, 0.3) is 0 Å². The van der Waals surface area contributed by atoms with Gasteiger partial charge in [0.2, 0.25) is 0 Å². The van der Waals surface area contributed by atoms with Crippen molar-refractivity contribution in [2.75, 3.05) is 11.4 Å². The smallest absolute Gasteiger partial charge is 0.361 e. The number of rotatable bonds is 6. The van der Waals surface area contributed by atoms with E-state index in [-0.39, 0.29) is 28.5 Å². The third-order valence-electron chi connectivity index (χ3n) is 5.25. The minimum absolute atomic E-state index is 0.0423. The molecule has 3 rings (SSSR count). The summed E-state index contributed by atoms with van der Waals surface area (Å²) in [4.78, 5) is 8.47. The monoisotopic (exact) mass is 560 g/mol. The summed E-state index contributed by atoms with van der Waals surface area (Å²) < 4.78 is 105. The van der Waals surface area contributed by atoms with E-state index in [4.69, 9.17) is 0 Å². The summed E-state index contributed by atoms with van der Waals surface area (Å²) in [6.45, 7) is 2.21. The van der Waals surface area contributed by atoms with Crippen LogP contribution in [0.1, 0.15) is 29.7 Å². The van der Waals surface area contributed by atoms with E-state index < -0.39 is 46.4 Å². The molecule has 2 heterocycles. The van der Waals surface area contributed by atoms with Crippen LogP contribution < -0.4 is 4.90 Å². The third-order valence-corrected chi connectivity index (χ3v) is 7.48. The first-order chi connectivity index (χ1) is 15.3. The number of benzene rings is 1. The van der Waals surface area contributed by atoms with Gasteiger partial charge in [0.15, 0.2) is 0 Å². The highest BCUT2D eigenvalue weighted by Crippen LogP contribution is 2.39. The quantitative estimate of drug-likeness (QED) is 0.389. The van der Waals surface area contributed by atoms with Gasteiger partial charge in [-0.2, -0.15) is 30.6 Å². The fourth-order valence-electron chi connectivity index (χ4n) is 3.64. The number of H-pyrrole nitrogens is 1. The summed E-state index contributed by atoms with van der Waals surface area (Å²) in [7, 11) is -5.80. The van der Waals surface area contributed by atoms with E-state index in [9.17, 15) is 34.8 Å². The predicted molar refractivity (Wildman–Crippen MR) is 113 cm³/mol. The SMILES string of the molecule is C=CCCC1CN(S(=O)(=O)C(F)(F)F)Cc2cc(C(F)(F)F)ccc2N1Cc1[nH]cnc1Br. The third kappa shape index (κ3) is 5.38. The highest BCUT2D eigenvalue weighted by molar-refractivity contribution is 9.10. The maximum atomic E-state index is 13.4. The Balaban J connectivity index is 2.18. The molecule has 0 saturated heterocycles. The molecule has 14 heteroatoms. The molecule has 0 amide bonds. The molecule has 0 aliphatic carbocycles.